The number of hydrogen-bond acceptors (Lipinski definition) is 4. The van der Waals surface area contributed by atoms with Gasteiger partial charge in [-0.05, 0) is 42.7 Å². The van der Waals surface area contributed by atoms with Crippen LogP contribution in [0.2, 0.25) is 5.02 Å². The summed E-state index contributed by atoms with van der Waals surface area (Å²) in [6.07, 6.45) is 0.577. The van der Waals surface area contributed by atoms with Gasteiger partial charge in [-0.25, -0.2) is 9.18 Å². The molecule has 0 unspecified atom stereocenters. The van der Waals surface area contributed by atoms with E-state index < -0.39 is 5.63 Å². The van der Waals surface area contributed by atoms with Crippen LogP contribution < -0.4 is 15.7 Å². The second-order valence-corrected chi connectivity index (χ2v) is 6.45. The molecule has 1 heterocycles. The Labute approximate surface area is 159 Å². The summed E-state index contributed by atoms with van der Waals surface area (Å²) in [5.74, 6) is -0.361. The fraction of sp³-hybridized carbons (Fsp3) is 0.200. The first kappa shape index (κ1) is 18.9. The van der Waals surface area contributed by atoms with E-state index >= 15 is 0 Å². The monoisotopic (exact) mass is 389 g/mol. The standard InChI is InChI=1S/C20H17ClFNO4/c1-12-8-20(25)27-17-10-18(16(21)9-15(12)17)26-11-19(24)23-7-6-13-2-4-14(22)5-3-13/h2-5,8-10H,6-7,11H2,1H3,(H,23,24). The van der Waals surface area contributed by atoms with Gasteiger partial charge in [-0.15, -0.1) is 0 Å². The Morgan fingerprint density at radius 3 is 2.70 bits per heavy atom. The number of carbonyl (C=O) groups excluding carboxylic acids is 1. The molecule has 140 valence electrons. The number of aryl methyl sites for hydroxylation is 1. The van der Waals surface area contributed by atoms with Crippen LogP contribution in [-0.2, 0) is 11.2 Å². The summed E-state index contributed by atoms with van der Waals surface area (Å²) >= 11 is 6.19. The third-order valence-corrected chi connectivity index (χ3v) is 4.31. The molecule has 0 bridgehead atoms. The summed E-state index contributed by atoms with van der Waals surface area (Å²) < 4.78 is 23.4. The van der Waals surface area contributed by atoms with Gasteiger partial charge in [0, 0.05) is 24.1 Å². The molecule has 2 aromatic carbocycles. The number of nitrogens with one attached hydrogen (secondary N) is 1. The first-order valence-electron chi connectivity index (χ1n) is 8.30. The lowest BCUT2D eigenvalue weighted by Crippen LogP contribution is -2.30. The summed E-state index contributed by atoms with van der Waals surface area (Å²) in [4.78, 5) is 23.4. The van der Waals surface area contributed by atoms with Crippen LogP contribution in [0.4, 0.5) is 4.39 Å². The summed E-state index contributed by atoms with van der Waals surface area (Å²) in [5, 5.41) is 3.74. The van der Waals surface area contributed by atoms with Crippen molar-refractivity contribution in [1.82, 2.24) is 5.32 Å². The zero-order valence-electron chi connectivity index (χ0n) is 14.6. The van der Waals surface area contributed by atoms with Gasteiger partial charge in [0.1, 0.15) is 17.1 Å². The SMILES string of the molecule is Cc1cc(=O)oc2cc(OCC(=O)NCCc3ccc(F)cc3)c(Cl)cc12. The molecule has 1 amide bonds. The normalized spacial score (nSPS) is 10.8. The molecule has 0 spiro atoms. The van der Waals surface area contributed by atoms with Gasteiger partial charge < -0.3 is 14.5 Å². The predicted molar refractivity (Wildman–Crippen MR) is 101 cm³/mol. The first-order chi connectivity index (χ1) is 12.9. The number of hydrogen-bond donors (Lipinski definition) is 1. The third-order valence-electron chi connectivity index (χ3n) is 4.01. The van der Waals surface area contributed by atoms with Crippen molar-refractivity contribution in [2.24, 2.45) is 0 Å². The number of benzene rings is 2. The van der Waals surface area contributed by atoms with Crippen molar-refractivity contribution in [1.29, 1.82) is 0 Å². The lowest BCUT2D eigenvalue weighted by atomic mass is 10.1. The van der Waals surface area contributed by atoms with E-state index in [0.717, 1.165) is 11.1 Å². The molecule has 0 aliphatic rings. The van der Waals surface area contributed by atoms with E-state index in [0.29, 0.717) is 29.0 Å². The maximum Gasteiger partial charge on any atom is 0.336 e. The predicted octanol–water partition coefficient (Wildman–Crippen LogP) is 3.63. The van der Waals surface area contributed by atoms with Crippen LogP contribution in [0.3, 0.4) is 0 Å². The van der Waals surface area contributed by atoms with Crippen LogP contribution >= 0.6 is 11.6 Å². The molecule has 5 nitrogen and oxygen atoms in total. The Balaban J connectivity index is 1.57. The molecule has 0 fully saturated rings. The molecule has 27 heavy (non-hydrogen) atoms. The Hall–Kier alpha value is -2.86. The average molecular weight is 390 g/mol. The fourth-order valence-electron chi connectivity index (χ4n) is 2.62. The van der Waals surface area contributed by atoms with Crippen LogP contribution in [0.5, 0.6) is 5.75 Å². The highest BCUT2D eigenvalue weighted by molar-refractivity contribution is 6.32. The second kappa shape index (κ2) is 8.22. The smallest absolute Gasteiger partial charge is 0.336 e. The Morgan fingerprint density at radius 2 is 1.96 bits per heavy atom. The van der Waals surface area contributed by atoms with Crippen LogP contribution in [-0.4, -0.2) is 19.1 Å². The number of halogens is 2. The van der Waals surface area contributed by atoms with Gasteiger partial charge >= 0.3 is 5.63 Å². The van der Waals surface area contributed by atoms with E-state index in [4.69, 9.17) is 20.8 Å². The van der Waals surface area contributed by atoms with Crippen molar-refractivity contribution in [3.8, 4) is 5.75 Å². The Kier molecular flexibility index (Phi) is 5.76. The van der Waals surface area contributed by atoms with Gasteiger partial charge in [0.2, 0.25) is 0 Å². The maximum absolute atomic E-state index is 12.9. The minimum Gasteiger partial charge on any atom is -0.482 e. The van der Waals surface area contributed by atoms with E-state index in [1.54, 1.807) is 25.1 Å². The van der Waals surface area contributed by atoms with Gasteiger partial charge in [-0.1, -0.05) is 23.7 Å². The highest BCUT2D eigenvalue weighted by Gasteiger charge is 2.11. The van der Waals surface area contributed by atoms with Gasteiger partial charge in [-0.3, -0.25) is 4.79 Å². The number of rotatable bonds is 6. The Morgan fingerprint density at radius 1 is 1.22 bits per heavy atom. The van der Waals surface area contributed by atoms with Crippen molar-refractivity contribution in [3.05, 3.63) is 74.9 Å². The molecular weight excluding hydrogens is 373 g/mol. The van der Waals surface area contributed by atoms with Gasteiger partial charge in [0.15, 0.2) is 6.61 Å². The topological polar surface area (TPSA) is 68.5 Å². The molecule has 0 aliphatic carbocycles. The van der Waals surface area contributed by atoms with Gasteiger partial charge in [-0.2, -0.15) is 0 Å². The van der Waals surface area contributed by atoms with Crippen LogP contribution in [0, 0.1) is 12.7 Å². The molecule has 1 aromatic heterocycles. The van der Waals surface area contributed by atoms with Crippen molar-refractivity contribution >= 4 is 28.5 Å². The lowest BCUT2D eigenvalue weighted by molar-refractivity contribution is -0.123. The zero-order chi connectivity index (χ0) is 19.4. The zero-order valence-corrected chi connectivity index (χ0v) is 15.3. The van der Waals surface area contributed by atoms with Crippen molar-refractivity contribution in [3.63, 3.8) is 0 Å². The van der Waals surface area contributed by atoms with Crippen molar-refractivity contribution in [2.75, 3.05) is 13.2 Å². The molecule has 3 aromatic rings. The van der Waals surface area contributed by atoms with Crippen molar-refractivity contribution < 1.29 is 18.3 Å². The number of carbonyl (C=O) groups is 1. The maximum atomic E-state index is 12.9. The van der Waals surface area contributed by atoms with E-state index in [-0.39, 0.29) is 24.1 Å². The van der Waals surface area contributed by atoms with Crippen LogP contribution in [0.15, 0.2) is 51.7 Å². The first-order valence-corrected chi connectivity index (χ1v) is 8.68. The highest BCUT2D eigenvalue weighted by atomic mass is 35.5. The summed E-state index contributed by atoms with van der Waals surface area (Å²) in [5.41, 5.74) is 1.54. The quantitative estimate of drug-likeness (QED) is 0.654. The van der Waals surface area contributed by atoms with Gasteiger partial charge in [0.05, 0.1) is 5.02 Å². The van der Waals surface area contributed by atoms with E-state index in [1.807, 2.05) is 0 Å². The molecule has 0 saturated carbocycles. The third kappa shape index (κ3) is 4.86. The summed E-state index contributed by atoms with van der Waals surface area (Å²) in [6, 6.07) is 10.6. The molecule has 0 aliphatic heterocycles. The molecule has 3 rings (SSSR count). The summed E-state index contributed by atoms with van der Waals surface area (Å²) in [6.45, 7) is 1.95. The molecule has 0 atom stereocenters. The molecule has 1 N–H and O–H groups in total. The minimum absolute atomic E-state index is 0.231. The molecule has 0 saturated heterocycles. The molecule has 0 radical (unpaired) electrons. The van der Waals surface area contributed by atoms with Crippen molar-refractivity contribution in [2.45, 2.75) is 13.3 Å². The van der Waals surface area contributed by atoms with Crippen LogP contribution in [0.25, 0.3) is 11.0 Å². The highest BCUT2D eigenvalue weighted by Crippen LogP contribution is 2.30. The Bertz CT molecular complexity index is 1030. The second-order valence-electron chi connectivity index (χ2n) is 6.04. The largest absolute Gasteiger partial charge is 0.482 e. The van der Waals surface area contributed by atoms with E-state index in [1.165, 1.54) is 24.3 Å². The lowest BCUT2D eigenvalue weighted by Gasteiger charge is -2.10. The number of fused-ring (bicyclic) bond motifs is 1. The van der Waals surface area contributed by atoms with E-state index in [2.05, 4.69) is 5.32 Å². The van der Waals surface area contributed by atoms with E-state index in [9.17, 15) is 14.0 Å². The minimum atomic E-state index is -0.466. The fourth-order valence-corrected chi connectivity index (χ4v) is 2.84. The number of amides is 1. The van der Waals surface area contributed by atoms with Gasteiger partial charge in [0.25, 0.3) is 5.91 Å². The van der Waals surface area contributed by atoms with Crippen LogP contribution in [0.1, 0.15) is 11.1 Å². The number of ether oxygens (including phenoxy) is 1. The summed E-state index contributed by atoms with van der Waals surface area (Å²) in [7, 11) is 0. The molecule has 7 heteroatoms. The average Bonchev–Trinajstić information content (AvgIpc) is 2.62. The molecular formula is C20H17ClFNO4.